The van der Waals surface area contributed by atoms with Crippen molar-refractivity contribution in [2.75, 3.05) is 18.1 Å². The van der Waals surface area contributed by atoms with Crippen molar-refractivity contribution in [1.82, 2.24) is 10.2 Å². The molecule has 0 aromatic carbocycles. The third-order valence-corrected chi connectivity index (χ3v) is 7.13. The maximum atomic E-state index is 12.5. The summed E-state index contributed by atoms with van der Waals surface area (Å²) in [4.78, 5) is 26.3. The van der Waals surface area contributed by atoms with Crippen LogP contribution in [0.4, 0.5) is 0 Å². The molecule has 6 nitrogen and oxygen atoms in total. The minimum atomic E-state index is -3.02. The largest absolute Gasteiger partial charge is 0.353 e. The summed E-state index contributed by atoms with van der Waals surface area (Å²) in [6, 6.07) is 0.00388. The monoisotopic (exact) mass is 342 g/mol. The molecule has 130 valence electrons. The van der Waals surface area contributed by atoms with E-state index in [1.165, 1.54) is 12.8 Å². The van der Waals surface area contributed by atoms with Crippen LogP contribution in [-0.2, 0) is 19.4 Å². The topological polar surface area (TPSA) is 83.6 Å². The first kappa shape index (κ1) is 16.7. The van der Waals surface area contributed by atoms with Gasteiger partial charge in [-0.2, -0.15) is 0 Å². The number of carbonyl (C=O) groups excluding carboxylic acids is 2. The van der Waals surface area contributed by atoms with Gasteiger partial charge in [-0.15, -0.1) is 0 Å². The van der Waals surface area contributed by atoms with Crippen LogP contribution in [-0.4, -0.2) is 55.3 Å². The molecule has 3 rings (SSSR count). The van der Waals surface area contributed by atoms with E-state index in [4.69, 9.17) is 0 Å². The molecule has 2 saturated heterocycles. The number of sulfone groups is 1. The molecule has 7 heteroatoms. The Labute approximate surface area is 137 Å². The molecule has 1 saturated carbocycles. The van der Waals surface area contributed by atoms with Gasteiger partial charge >= 0.3 is 0 Å². The zero-order valence-electron chi connectivity index (χ0n) is 13.5. The summed E-state index contributed by atoms with van der Waals surface area (Å²) < 4.78 is 23.2. The van der Waals surface area contributed by atoms with Crippen molar-refractivity contribution in [2.45, 2.75) is 63.5 Å². The lowest BCUT2D eigenvalue weighted by atomic mass is 10.0. The van der Waals surface area contributed by atoms with Crippen LogP contribution in [0.25, 0.3) is 0 Å². The second kappa shape index (κ2) is 6.79. The molecule has 0 spiro atoms. The molecule has 3 fully saturated rings. The third kappa shape index (κ3) is 4.05. The van der Waals surface area contributed by atoms with Gasteiger partial charge in [0.15, 0.2) is 9.84 Å². The minimum Gasteiger partial charge on any atom is -0.353 e. The predicted octanol–water partition coefficient (Wildman–Crippen LogP) is 0.861. The Hall–Kier alpha value is -1.11. The number of nitrogens with zero attached hydrogens (tertiary/aromatic N) is 1. The summed E-state index contributed by atoms with van der Waals surface area (Å²) in [7, 11) is -3.02. The maximum absolute atomic E-state index is 12.5. The van der Waals surface area contributed by atoms with Gasteiger partial charge in [0.05, 0.1) is 17.4 Å². The minimum absolute atomic E-state index is 0.0337. The third-order valence-electron chi connectivity index (χ3n) is 5.38. The lowest BCUT2D eigenvalue weighted by Gasteiger charge is -2.23. The van der Waals surface area contributed by atoms with E-state index in [9.17, 15) is 18.0 Å². The maximum Gasteiger partial charge on any atom is 0.225 e. The zero-order valence-corrected chi connectivity index (χ0v) is 14.3. The molecule has 1 aliphatic carbocycles. The van der Waals surface area contributed by atoms with Crippen LogP contribution in [0.2, 0.25) is 0 Å². The molecule has 1 N–H and O–H groups in total. The van der Waals surface area contributed by atoms with Crippen LogP contribution in [0.5, 0.6) is 0 Å². The molecular weight excluding hydrogens is 316 g/mol. The van der Waals surface area contributed by atoms with E-state index in [1.54, 1.807) is 4.90 Å². The number of likely N-dealkylation sites (tertiary alicyclic amines) is 1. The lowest BCUT2D eigenvalue weighted by Crippen LogP contribution is -2.41. The van der Waals surface area contributed by atoms with Gasteiger partial charge in [-0.1, -0.05) is 25.7 Å². The number of rotatable bonds is 3. The number of amides is 2. The van der Waals surface area contributed by atoms with E-state index >= 15 is 0 Å². The Kier molecular flexibility index (Phi) is 4.94. The van der Waals surface area contributed by atoms with E-state index in [2.05, 4.69) is 5.32 Å². The normalized spacial score (nSPS) is 32.0. The van der Waals surface area contributed by atoms with Crippen LogP contribution in [0, 0.1) is 5.92 Å². The van der Waals surface area contributed by atoms with E-state index in [0.29, 0.717) is 13.0 Å². The quantitative estimate of drug-likeness (QED) is 0.771. The predicted molar refractivity (Wildman–Crippen MR) is 86.5 cm³/mol. The first-order chi connectivity index (χ1) is 10.9. The molecule has 0 aromatic rings. The standard InChI is InChI=1S/C16H26N2O4S/c19-15-9-12(10-18(15)14-7-8-23(21,22)11-14)16(20)17-13-5-3-1-2-4-6-13/h12-14H,1-11H2,(H,17,20). The molecule has 0 aromatic heterocycles. The Morgan fingerprint density at radius 1 is 1.09 bits per heavy atom. The average molecular weight is 342 g/mol. The van der Waals surface area contributed by atoms with Crippen molar-refractivity contribution >= 4 is 21.7 Å². The Morgan fingerprint density at radius 2 is 1.78 bits per heavy atom. The highest BCUT2D eigenvalue weighted by atomic mass is 32.2. The molecular formula is C16H26N2O4S. The number of nitrogens with one attached hydrogen (secondary N) is 1. The highest BCUT2D eigenvalue weighted by Gasteiger charge is 2.42. The van der Waals surface area contributed by atoms with Crippen LogP contribution >= 0.6 is 0 Å². The van der Waals surface area contributed by atoms with E-state index in [0.717, 1.165) is 25.7 Å². The molecule has 2 unspecified atom stereocenters. The highest BCUT2D eigenvalue weighted by Crippen LogP contribution is 2.27. The van der Waals surface area contributed by atoms with Gasteiger partial charge in [0, 0.05) is 25.0 Å². The van der Waals surface area contributed by atoms with Crippen molar-refractivity contribution in [1.29, 1.82) is 0 Å². The van der Waals surface area contributed by atoms with Gasteiger partial charge < -0.3 is 10.2 Å². The average Bonchev–Trinajstić information content (AvgIpc) is 2.93. The van der Waals surface area contributed by atoms with Crippen molar-refractivity contribution in [3.63, 3.8) is 0 Å². The SMILES string of the molecule is O=C(NC1CCCCCC1)C1CC(=O)N(C2CCS(=O)(=O)C2)C1. The summed E-state index contributed by atoms with van der Waals surface area (Å²) in [5, 5.41) is 3.11. The molecule has 3 aliphatic rings. The lowest BCUT2D eigenvalue weighted by molar-refractivity contribution is -0.130. The second-order valence-corrected chi connectivity index (χ2v) is 9.43. The Bertz CT molecular complexity index is 567. The van der Waals surface area contributed by atoms with E-state index < -0.39 is 9.84 Å². The van der Waals surface area contributed by atoms with Crippen molar-refractivity contribution in [3.05, 3.63) is 0 Å². The molecule has 2 aliphatic heterocycles. The summed E-state index contributed by atoms with van der Waals surface area (Å²) in [5.41, 5.74) is 0. The fourth-order valence-corrected chi connectivity index (χ4v) is 5.75. The fraction of sp³-hybridized carbons (Fsp3) is 0.875. The summed E-state index contributed by atoms with van der Waals surface area (Å²) in [6.07, 6.45) is 7.55. The van der Waals surface area contributed by atoms with Crippen LogP contribution in [0.15, 0.2) is 0 Å². The number of hydrogen-bond acceptors (Lipinski definition) is 4. The van der Waals surface area contributed by atoms with Crippen LogP contribution in [0.3, 0.4) is 0 Å². The molecule has 0 bridgehead atoms. The van der Waals surface area contributed by atoms with Crippen molar-refractivity contribution < 1.29 is 18.0 Å². The second-order valence-electron chi connectivity index (χ2n) is 7.20. The first-order valence-electron chi connectivity index (χ1n) is 8.75. The Morgan fingerprint density at radius 3 is 2.39 bits per heavy atom. The molecule has 2 heterocycles. The molecule has 0 radical (unpaired) electrons. The van der Waals surface area contributed by atoms with Crippen LogP contribution in [0.1, 0.15) is 51.4 Å². The highest BCUT2D eigenvalue weighted by molar-refractivity contribution is 7.91. The van der Waals surface area contributed by atoms with Crippen LogP contribution < -0.4 is 5.32 Å². The van der Waals surface area contributed by atoms with E-state index in [-0.39, 0.29) is 47.7 Å². The molecule has 23 heavy (non-hydrogen) atoms. The van der Waals surface area contributed by atoms with Crippen molar-refractivity contribution in [2.24, 2.45) is 5.92 Å². The van der Waals surface area contributed by atoms with Gasteiger partial charge in [0.2, 0.25) is 11.8 Å². The summed E-state index contributed by atoms with van der Waals surface area (Å²) >= 11 is 0. The van der Waals surface area contributed by atoms with Gasteiger partial charge in [0.25, 0.3) is 0 Å². The molecule has 2 amide bonds. The van der Waals surface area contributed by atoms with Crippen molar-refractivity contribution in [3.8, 4) is 0 Å². The van der Waals surface area contributed by atoms with Gasteiger partial charge in [0.1, 0.15) is 0 Å². The zero-order chi connectivity index (χ0) is 16.4. The van der Waals surface area contributed by atoms with Gasteiger partial charge in [-0.25, -0.2) is 8.42 Å². The first-order valence-corrected chi connectivity index (χ1v) is 10.6. The number of hydrogen-bond donors (Lipinski definition) is 1. The Balaban J connectivity index is 1.55. The fourth-order valence-electron chi connectivity index (χ4n) is 4.02. The van der Waals surface area contributed by atoms with Gasteiger partial charge in [-0.3, -0.25) is 9.59 Å². The van der Waals surface area contributed by atoms with E-state index in [1.807, 2.05) is 0 Å². The summed E-state index contributed by atoms with van der Waals surface area (Å²) in [5.74, 6) is -0.230. The molecule has 2 atom stereocenters. The summed E-state index contributed by atoms with van der Waals surface area (Å²) in [6.45, 7) is 0.373. The van der Waals surface area contributed by atoms with Gasteiger partial charge in [-0.05, 0) is 19.3 Å². The number of carbonyl (C=O) groups is 2. The smallest absolute Gasteiger partial charge is 0.225 e.